The number of halogens is 1. The van der Waals surface area contributed by atoms with Gasteiger partial charge in [-0.2, -0.15) is 0 Å². The number of nitrogens with one attached hydrogen (secondary N) is 1. The van der Waals surface area contributed by atoms with Crippen molar-refractivity contribution in [2.24, 2.45) is 0 Å². The van der Waals surface area contributed by atoms with Crippen LogP contribution in [0, 0.1) is 0 Å². The number of benzene rings is 1. The van der Waals surface area contributed by atoms with Gasteiger partial charge in [-0.3, -0.25) is 4.90 Å². The average molecular weight is 346 g/mol. The van der Waals surface area contributed by atoms with Gasteiger partial charge in [-0.05, 0) is 53.0 Å². The van der Waals surface area contributed by atoms with Gasteiger partial charge < -0.3 is 5.32 Å². The lowest BCUT2D eigenvalue weighted by Crippen LogP contribution is -2.41. The molecule has 2 aromatic rings. The minimum Gasteiger partial charge on any atom is -0.365 e. The molecule has 1 saturated heterocycles. The van der Waals surface area contributed by atoms with E-state index in [9.17, 15) is 0 Å². The molecular formula is C17H20BrN3. The fourth-order valence-corrected chi connectivity index (χ4v) is 3.21. The highest BCUT2D eigenvalue weighted by Crippen LogP contribution is 2.22. The van der Waals surface area contributed by atoms with Gasteiger partial charge in [0, 0.05) is 25.3 Å². The van der Waals surface area contributed by atoms with Crippen LogP contribution >= 0.6 is 15.9 Å². The molecule has 0 amide bonds. The van der Waals surface area contributed by atoms with Crippen LogP contribution in [0.2, 0.25) is 0 Å². The van der Waals surface area contributed by atoms with Crippen LogP contribution in [-0.2, 0) is 6.54 Å². The molecule has 21 heavy (non-hydrogen) atoms. The zero-order chi connectivity index (χ0) is 14.5. The van der Waals surface area contributed by atoms with Gasteiger partial charge in [0.25, 0.3) is 0 Å². The monoisotopic (exact) mass is 345 g/mol. The molecule has 4 heteroatoms. The van der Waals surface area contributed by atoms with Crippen LogP contribution < -0.4 is 5.32 Å². The van der Waals surface area contributed by atoms with Gasteiger partial charge in [0.2, 0.25) is 0 Å². The molecule has 0 saturated carbocycles. The van der Waals surface area contributed by atoms with Crippen molar-refractivity contribution in [2.45, 2.75) is 25.4 Å². The van der Waals surface area contributed by atoms with Crippen LogP contribution in [0.1, 0.15) is 18.4 Å². The van der Waals surface area contributed by atoms with E-state index in [0.29, 0.717) is 6.04 Å². The van der Waals surface area contributed by atoms with E-state index in [1.54, 1.807) is 0 Å². The molecule has 1 aliphatic rings. The van der Waals surface area contributed by atoms with E-state index in [2.05, 4.69) is 61.5 Å². The van der Waals surface area contributed by atoms with Crippen molar-refractivity contribution >= 4 is 21.7 Å². The Bertz CT molecular complexity index is 573. The topological polar surface area (TPSA) is 28.2 Å². The van der Waals surface area contributed by atoms with Crippen molar-refractivity contribution in [1.82, 2.24) is 9.88 Å². The summed E-state index contributed by atoms with van der Waals surface area (Å²) in [6, 6.07) is 15.1. The van der Waals surface area contributed by atoms with Crippen molar-refractivity contribution in [1.29, 1.82) is 0 Å². The van der Waals surface area contributed by atoms with E-state index < -0.39 is 0 Å². The quantitative estimate of drug-likeness (QED) is 0.910. The zero-order valence-corrected chi connectivity index (χ0v) is 13.6. The van der Waals surface area contributed by atoms with Gasteiger partial charge in [-0.1, -0.05) is 30.3 Å². The summed E-state index contributed by atoms with van der Waals surface area (Å²) in [5.74, 6) is 0.948. The molecule has 1 unspecified atom stereocenters. The maximum absolute atomic E-state index is 4.40. The minimum absolute atomic E-state index is 0.466. The smallest absolute Gasteiger partial charge is 0.140 e. The number of pyridine rings is 1. The molecule has 1 N–H and O–H groups in total. The summed E-state index contributed by atoms with van der Waals surface area (Å²) in [5.41, 5.74) is 1.39. The van der Waals surface area contributed by atoms with E-state index in [1.165, 1.54) is 24.9 Å². The summed E-state index contributed by atoms with van der Waals surface area (Å²) in [6.07, 6.45) is 4.26. The molecule has 1 atom stereocenters. The SMILES string of the molecule is Brc1cccnc1NC1CCCN(Cc2ccccc2)C1. The average Bonchev–Trinajstić information content (AvgIpc) is 2.51. The Hall–Kier alpha value is -1.39. The molecule has 0 bridgehead atoms. The zero-order valence-electron chi connectivity index (χ0n) is 12.0. The molecular weight excluding hydrogens is 326 g/mol. The molecule has 0 aliphatic carbocycles. The van der Waals surface area contributed by atoms with Crippen molar-refractivity contribution in [3.8, 4) is 0 Å². The van der Waals surface area contributed by atoms with Crippen LogP contribution in [0.5, 0.6) is 0 Å². The first-order chi connectivity index (χ1) is 10.3. The molecule has 1 aromatic carbocycles. The Morgan fingerprint density at radius 2 is 2.05 bits per heavy atom. The molecule has 3 nitrogen and oxygen atoms in total. The summed E-state index contributed by atoms with van der Waals surface area (Å²) in [7, 11) is 0. The van der Waals surface area contributed by atoms with E-state index in [0.717, 1.165) is 23.4 Å². The molecule has 110 valence electrons. The van der Waals surface area contributed by atoms with E-state index in [1.807, 2.05) is 18.3 Å². The first kappa shape index (κ1) is 14.5. The maximum Gasteiger partial charge on any atom is 0.140 e. The lowest BCUT2D eigenvalue weighted by Gasteiger charge is -2.33. The lowest BCUT2D eigenvalue weighted by atomic mass is 10.0. The number of nitrogens with zero attached hydrogens (tertiary/aromatic N) is 2. The van der Waals surface area contributed by atoms with Gasteiger partial charge in [-0.25, -0.2) is 4.98 Å². The number of hydrogen-bond acceptors (Lipinski definition) is 3. The summed E-state index contributed by atoms with van der Waals surface area (Å²) in [6.45, 7) is 3.27. The molecule has 3 rings (SSSR count). The molecule has 2 heterocycles. The predicted molar refractivity (Wildman–Crippen MR) is 90.3 cm³/mol. The molecule has 0 radical (unpaired) electrons. The second-order valence-corrected chi connectivity index (χ2v) is 6.39. The highest BCUT2D eigenvalue weighted by atomic mass is 79.9. The van der Waals surface area contributed by atoms with Gasteiger partial charge in [-0.15, -0.1) is 0 Å². The molecule has 1 aromatic heterocycles. The Balaban J connectivity index is 1.60. The Morgan fingerprint density at radius 3 is 2.86 bits per heavy atom. The van der Waals surface area contributed by atoms with E-state index in [-0.39, 0.29) is 0 Å². The third-order valence-corrected chi connectivity index (χ3v) is 4.49. The van der Waals surface area contributed by atoms with Crippen LogP contribution in [0.15, 0.2) is 53.1 Å². The van der Waals surface area contributed by atoms with E-state index in [4.69, 9.17) is 0 Å². The molecule has 1 fully saturated rings. The van der Waals surface area contributed by atoms with Gasteiger partial charge in [0.1, 0.15) is 5.82 Å². The minimum atomic E-state index is 0.466. The number of hydrogen-bond donors (Lipinski definition) is 1. The number of piperidine rings is 1. The van der Waals surface area contributed by atoms with Crippen LogP contribution in [0.4, 0.5) is 5.82 Å². The van der Waals surface area contributed by atoms with Crippen molar-refractivity contribution in [2.75, 3.05) is 18.4 Å². The number of rotatable bonds is 4. The third-order valence-electron chi connectivity index (χ3n) is 3.85. The predicted octanol–water partition coefficient (Wildman–Crippen LogP) is 3.92. The van der Waals surface area contributed by atoms with Crippen LogP contribution in [-0.4, -0.2) is 29.0 Å². The fraction of sp³-hybridized carbons (Fsp3) is 0.353. The summed E-state index contributed by atoms with van der Waals surface area (Å²) in [5, 5.41) is 3.57. The number of likely N-dealkylation sites (tertiary alicyclic amines) is 1. The molecule has 1 aliphatic heterocycles. The summed E-state index contributed by atoms with van der Waals surface area (Å²) >= 11 is 3.55. The first-order valence-corrected chi connectivity index (χ1v) is 8.24. The third kappa shape index (κ3) is 4.05. The number of anilines is 1. The highest BCUT2D eigenvalue weighted by Gasteiger charge is 2.20. The standard InChI is InChI=1S/C17H20BrN3/c18-16-9-4-10-19-17(16)20-15-8-5-11-21(13-15)12-14-6-2-1-3-7-14/h1-4,6-7,9-10,15H,5,8,11-13H2,(H,19,20). The molecule has 0 spiro atoms. The van der Waals surface area contributed by atoms with E-state index >= 15 is 0 Å². The lowest BCUT2D eigenvalue weighted by molar-refractivity contribution is 0.208. The Labute approximate surface area is 134 Å². The van der Waals surface area contributed by atoms with Crippen molar-refractivity contribution < 1.29 is 0 Å². The van der Waals surface area contributed by atoms with Crippen molar-refractivity contribution in [3.05, 3.63) is 58.7 Å². The Morgan fingerprint density at radius 1 is 1.19 bits per heavy atom. The highest BCUT2D eigenvalue weighted by molar-refractivity contribution is 9.10. The summed E-state index contributed by atoms with van der Waals surface area (Å²) < 4.78 is 1.03. The maximum atomic E-state index is 4.40. The normalized spacial score (nSPS) is 19.4. The van der Waals surface area contributed by atoms with Crippen LogP contribution in [0.3, 0.4) is 0 Å². The second kappa shape index (κ2) is 7.05. The summed E-state index contributed by atoms with van der Waals surface area (Å²) in [4.78, 5) is 6.93. The largest absolute Gasteiger partial charge is 0.365 e. The Kier molecular flexibility index (Phi) is 4.88. The second-order valence-electron chi connectivity index (χ2n) is 5.54. The van der Waals surface area contributed by atoms with Crippen LogP contribution in [0.25, 0.3) is 0 Å². The van der Waals surface area contributed by atoms with Gasteiger partial charge in [0.05, 0.1) is 4.47 Å². The van der Waals surface area contributed by atoms with Gasteiger partial charge >= 0.3 is 0 Å². The fourth-order valence-electron chi connectivity index (χ4n) is 2.84. The first-order valence-electron chi connectivity index (χ1n) is 7.44. The number of aromatic nitrogens is 1. The van der Waals surface area contributed by atoms with Crippen molar-refractivity contribution in [3.63, 3.8) is 0 Å². The van der Waals surface area contributed by atoms with Gasteiger partial charge in [0.15, 0.2) is 0 Å².